The maximum absolute atomic E-state index is 14.8. The lowest BCUT2D eigenvalue weighted by Crippen LogP contribution is -2.33. The third kappa shape index (κ3) is 6.46. The first-order valence-corrected chi connectivity index (χ1v) is 14.7. The minimum absolute atomic E-state index is 0.0668. The predicted octanol–water partition coefficient (Wildman–Crippen LogP) is 5.75. The van der Waals surface area contributed by atoms with E-state index in [2.05, 4.69) is 25.8 Å². The predicted molar refractivity (Wildman–Crippen MR) is 168 cm³/mol. The quantitative estimate of drug-likeness (QED) is 0.262. The summed E-state index contributed by atoms with van der Waals surface area (Å²) in [6.45, 7) is 3.47. The maximum atomic E-state index is 14.8. The summed E-state index contributed by atoms with van der Waals surface area (Å²) in [7, 11) is 2.88. The topological polar surface area (TPSA) is 136 Å². The third-order valence-corrected chi connectivity index (χ3v) is 8.27. The van der Waals surface area contributed by atoms with Gasteiger partial charge in [0.15, 0.2) is 5.82 Å². The number of hydrogen-bond acceptors (Lipinski definition) is 6. The maximum Gasteiger partial charge on any atom is 0.411 e. The zero-order valence-corrected chi connectivity index (χ0v) is 25.9. The summed E-state index contributed by atoms with van der Waals surface area (Å²) >= 11 is 5.96. The molecule has 1 aliphatic rings. The van der Waals surface area contributed by atoms with Gasteiger partial charge in [-0.3, -0.25) is 19.7 Å². The van der Waals surface area contributed by atoms with Crippen molar-refractivity contribution in [1.82, 2.24) is 19.7 Å². The second kappa shape index (κ2) is 12.9. The van der Waals surface area contributed by atoms with E-state index in [1.807, 2.05) is 6.92 Å². The van der Waals surface area contributed by atoms with Crippen LogP contribution in [0.15, 0.2) is 59.5 Å². The zero-order chi connectivity index (χ0) is 32.4. The van der Waals surface area contributed by atoms with Gasteiger partial charge in [-0.05, 0) is 55.7 Å². The van der Waals surface area contributed by atoms with E-state index in [0.717, 1.165) is 0 Å². The van der Waals surface area contributed by atoms with E-state index in [1.54, 1.807) is 44.3 Å². The summed E-state index contributed by atoms with van der Waals surface area (Å²) < 4.78 is 22.2. The summed E-state index contributed by atoms with van der Waals surface area (Å²) in [6, 6.07) is 12.1. The molecule has 1 aliphatic heterocycles. The SMILES string of the molecule is COC(=O)Nc1ccc2c(c1)NC(=O)[C@H](C)CCC[C@H](NC(=O)c1cnn(-c3cccc(Cl)c3F)c1C)c1cc-2cc(=O)n1C. The van der Waals surface area contributed by atoms with Crippen molar-refractivity contribution in [2.45, 2.75) is 39.2 Å². The Morgan fingerprint density at radius 1 is 1.13 bits per heavy atom. The van der Waals surface area contributed by atoms with Crippen LogP contribution in [0.4, 0.5) is 20.6 Å². The molecule has 45 heavy (non-hydrogen) atoms. The molecule has 0 radical (unpaired) electrons. The van der Waals surface area contributed by atoms with Gasteiger partial charge in [-0.15, -0.1) is 0 Å². The van der Waals surface area contributed by atoms with Gasteiger partial charge in [0.2, 0.25) is 5.91 Å². The average molecular weight is 635 g/mol. The highest BCUT2D eigenvalue weighted by Crippen LogP contribution is 2.34. The molecule has 11 nitrogen and oxygen atoms in total. The minimum Gasteiger partial charge on any atom is -0.453 e. The van der Waals surface area contributed by atoms with Crippen molar-refractivity contribution in [1.29, 1.82) is 0 Å². The molecule has 234 valence electrons. The van der Waals surface area contributed by atoms with Gasteiger partial charge in [0.05, 0.1) is 41.3 Å². The van der Waals surface area contributed by atoms with E-state index in [-0.39, 0.29) is 33.7 Å². The Bertz CT molecular complexity index is 1870. The van der Waals surface area contributed by atoms with Crippen LogP contribution in [0.25, 0.3) is 16.8 Å². The zero-order valence-electron chi connectivity index (χ0n) is 25.1. The molecular formula is C32H32ClFN6O5. The van der Waals surface area contributed by atoms with Gasteiger partial charge in [0.25, 0.3) is 11.5 Å². The Balaban J connectivity index is 1.55. The lowest BCUT2D eigenvalue weighted by Gasteiger charge is -2.25. The Morgan fingerprint density at radius 3 is 2.67 bits per heavy atom. The molecule has 0 aliphatic carbocycles. The number of amides is 3. The normalized spacial score (nSPS) is 16.4. The number of hydrogen-bond donors (Lipinski definition) is 3. The number of nitrogens with one attached hydrogen (secondary N) is 3. The van der Waals surface area contributed by atoms with Crippen molar-refractivity contribution < 1.29 is 23.5 Å². The molecule has 13 heteroatoms. The van der Waals surface area contributed by atoms with Crippen LogP contribution in [0, 0.1) is 18.7 Å². The number of rotatable bonds is 4. The summed E-state index contributed by atoms with van der Waals surface area (Å²) in [4.78, 5) is 51.9. The smallest absolute Gasteiger partial charge is 0.411 e. The first-order chi connectivity index (χ1) is 21.5. The van der Waals surface area contributed by atoms with Crippen LogP contribution in [0.3, 0.4) is 0 Å². The van der Waals surface area contributed by atoms with Crippen LogP contribution in [0.1, 0.15) is 54.0 Å². The number of benzene rings is 2. The van der Waals surface area contributed by atoms with Gasteiger partial charge in [0.1, 0.15) is 5.69 Å². The average Bonchev–Trinajstić information content (AvgIpc) is 3.39. The lowest BCUT2D eigenvalue weighted by atomic mass is 9.95. The van der Waals surface area contributed by atoms with Crippen LogP contribution >= 0.6 is 11.6 Å². The molecule has 3 amide bonds. The fraction of sp³-hybridized carbons (Fsp3) is 0.281. The van der Waals surface area contributed by atoms with E-state index < -0.39 is 23.9 Å². The fourth-order valence-electron chi connectivity index (χ4n) is 5.37. The molecule has 3 N–H and O–H groups in total. The van der Waals surface area contributed by atoms with Crippen molar-refractivity contribution in [3.63, 3.8) is 0 Å². The number of methoxy groups -OCH3 is 1. The lowest BCUT2D eigenvalue weighted by molar-refractivity contribution is -0.119. The molecular weight excluding hydrogens is 603 g/mol. The van der Waals surface area contributed by atoms with Crippen molar-refractivity contribution >= 4 is 40.9 Å². The molecule has 0 fully saturated rings. The van der Waals surface area contributed by atoms with Crippen molar-refractivity contribution in [2.24, 2.45) is 13.0 Å². The van der Waals surface area contributed by atoms with E-state index in [9.17, 15) is 23.6 Å². The van der Waals surface area contributed by atoms with Crippen LogP contribution in [0.2, 0.25) is 5.02 Å². The number of anilines is 2. The number of halogens is 2. The highest BCUT2D eigenvalue weighted by molar-refractivity contribution is 6.30. The Labute approximate surface area is 263 Å². The summed E-state index contributed by atoms with van der Waals surface area (Å²) in [5.41, 5.74) is 2.83. The molecule has 2 atom stereocenters. The van der Waals surface area contributed by atoms with Crippen LogP contribution in [-0.4, -0.2) is 39.4 Å². The third-order valence-electron chi connectivity index (χ3n) is 7.97. The number of aromatic nitrogens is 3. The first-order valence-electron chi connectivity index (χ1n) is 14.3. The largest absolute Gasteiger partial charge is 0.453 e. The molecule has 5 rings (SSSR count). The standard InChI is InChI=1S/C32H32ClFN6O5/c1-17-7-5-9-24(37-31(43)22-16-35-40(18(22)2)26-10-6-8-23(33)29(26)34)27-13-19(14-28(41)39(27)3)21-12-11-20(36-32(44)45-4)15-25(21)38-30(17)42/h6,8,10-17,24H,5,7,9H2,1-4H3,(H,36,44)(H,37,43)(H,38,42)/t17-,24+/m1/s1. The Kier molecular flexibility index (Phi) is 9.05. The van der Waals surface area contributed by atoms with E-state index in [4.69, 9.17) is 11.6 Å². The molecule has 4 aromatic rings. The van der Waals surface area contributed by atoms with E-state index in [1.165, 1.54) is 40.8 Å². The van der Waals surface area contributed by atoms with Gasteiger partial charge >= 0.3 is 6.09 Å². The van der Waals surface area contributed by atoms with Crippen molar-refractivity contribution in [3.8, 4) is 16.8 Å². The Hall–Kier alpha value is -4.97. The second-order valence-corrected chi connectivity index (χ2v) is 11.3. The number of ether oxygens (including phenoxy) is 1. The summed E-state index contributed by atoms with van der Waals surface area (Å²) in [6.07, 6.45) is 2.19. The van der Waals surface area contributed by atoms with Crippen LogP contribution in [-0.2, 0) is 16.6 Å². The van der Waals surface area contributed by atoms with Crippen molar-refractivity contribution in [3.05, 3.63) is 92.9 Å². The van der Waals surface area contributed by atoms with Gasteiger partial charge in [-0.1, -0.05) is 37.1 Å². The monoisotopic (exact) mass is 634 g/mol. The number of carbonyl (C=O) groups excluding carboxylic acids is 3. The molecule has 0 unspecified atom stereocenters. The molecule has 0 spiro atoms. The molecule has 3 heterocycles. The van der Waals surface area contributed by atoms with Gasteiger partial charge in [-0.25, -0.2) is 13.9 Å². The highest BCUT2D eigenvalue weighted by Gasteiger charge is 2.26. The van der Waals surface area contributed by atoms with Crippen LogP contribution < -0.4 is 21.5 Å². The molecule has 2 aromatic carbocycles. The van der Waals surface area contributed by atoms with E-state index >= 15 is 0 Å². The highest BCUT2D eigenvalue weighted by atomic mass is 35.5. The number of fused-ring (bicyclic) bond motifs is 4. The Morgan fingerprint density at radius 2 is 1.91 bits per heavy atom. The van der Waals surface area contributed by atoms with E-state index in [0.29, 0.717) is 53.2 Å². The fourth-order valence-corrected chi connectivity index (χ4v) is 5.54. The van der Waals surface area contributed by atoms with Gasteiger partial charge in [-0.2, -0.15) is 5.10 Å². The van der Waals surface area contributed by atoms with Gasteiger partial charge < -0.3 is 19.9 Å². The molecule has 0 saturated heterocycles. The summed E-state index contributed by atoms with van der Waals surface area (Å²) in [5, 5.41) is 12.8. The molecule has 2 aromatic heterocycles. The van der Waals surface area contributed by atoms with Gasteiger partial charge in [0, 0.05) is 36.0 Å². The number of pyridine rings is 1. The van der Waals surface area contributed by atoms with Crippen molar-refractivity contribution in [2.75, 3.05) is 17.7 Å². The number of nitrogens with zero attached hydrogens (tertiary/aromatic N) is 3. The number of carbonyl (C=O) groups is 3. The summed E-state index contributed by atoms with van der Waals surface area (Å²) in [5.74, 6) is -1.72. The molecule has 0 saturated carbocycles. The first kappa shape index (κ1) is 31.5. The minimum atomic E-state index is -0.671. The van der Waals surface area contributed by atoms with Crippen LogP contribution in [0.5, 0.6) is 0 Å². The second-order valence-electron chi connectivity index (χ2n) is 10.9. The molecule has 2 bridgehead atoms.